The molecule has 0 aliphatic carbocycles. The fourth-order valence-electron chi connectivity index (χ4n) is 3.58. The summed E-state index contributed by atoms with van der Waals surface area (Å²) >= 11 is 5.81. The van der Waals surface area contributed by atoms with Crippen LogP contribution in [-0.4, -0.2) is 58.8 Å². The molecule has 9 heteroatoms. The summed E-state index contributed by atoms with van der Waals surface area (Å²) in [4.78, 5) is 28.2. The fourth-order valence-corrected chi connectivity index (χ4v) is 3.73. The van der Waals surface area contributed by atoms with Crippen molar-refractivity contribution in [3.8, 4) is 0 Å². The number of nitrogens with zero attached hydrogens (tertiary/aromatic N) is 2. The zero-order valence-electron chi connectivity index (χ0n) is 16.2. The summed E-state index contributed by atoms with van der Waals surface area (Å²) in [5.41, 5.74) is 1.82. The van der Waals surface area contributed by atoms with Crippen molar-refractivity contribution in [3.05, 3.63) is 29.0 Å². The summed E-state index contributed by atoms with van der Waals surface area (Å²) in [5, 5.41) is 19.3. The van der Waals surface area contributed by atoms with Gasteiger partial charge in [-0.05, 0) is 37.5 Å². The van der Waals surface area contributed by atoms with Gasteiger partial charge < -0.3 is 14.9 Å². The number of nitrogens with one attached hydrogen (secondary N) is 1. The van der Waals surface area contributed by atoms with Crippen molar-refractivity contribution in [3.63, 3.8) is 0 Å². The molecular formula is C19H27ClFN3O4. The Morgan fingerprint density at radius 3 is 2.57 bits per heavy atom. The minimum absolute atomic E-state index is 0.0647. The monoisotopic (exact) mass is 415 g/mol. The van der Waals surface area contributed by atoms with Gasteiger partial charge in [0.25, 0.3) is 5.91 Å². The van der Waals surface area contributed by atoms with Crippen molar-refractivity contribution in [2.24, 2.45) is 11.8 Å². The molecule has 1 aromatic rings. The molecule has 3 atom stereocenters. The minimum atomic E-state index is -1.64. The summed E-state index contributed by atoms with van der Waals surface area (Å²) in [7, 11) is 0. The molecule has 156 valence electrons. The molecule has 0 radical (unpaired) electrons. The highest BCUT2D eigenvalue weighted by atomic mass is 35.5. The molecule has 1 heterocycles. The van der Waals surface area contributed by atoms with Crippen LogP contribution in [0.5, 0.6) is 0 Å². The van der Waals surface area contributed by atoms with Crippen LogP contribution in [0.4, 0.5) is 10.1 Å². The first kappa shape index (κ1) is 22.4. The molecule has 0 unspecified atom stereocenters. The lowest BCUT2D eigenvalue weighted by Gasteiger charge is -2.42. The third-order valence-corrected chi connectivity index (χ3v) is 5.20. The van der Waals surface area contributed by atoms with Gasteiger partial charge in [0.15, 0.2) is 0 Å². The van der Waals surface area contributed by atoms with Crippen LogP contribution in [0.1, 0.15) is 27.2 Å². The number of aliphatic hydroxyl groups excluding tert-OH is 1. The first-order chi connectivity index (χ1) is 13.1. The third kappa shape index (κ3) is 5.12. The number of aliphatic hydroxyl groups is 1. The first-order valence-electron chi connectivity index (χ1n) is 9.28. The summed E-state index contributed by atoms with van der Waals surface area (Å²) < 4.78 is 14.2. The number of benzene rings is 1. The highest BCUT2D eigenvalue weighted by molar-refractivity contribution is 6.30. The predicted octanol–water partition coefficient (Wildman–Crippen LogP) is 2.04. The van der Waals surface area contributed by atoms with Crippen molar-refractivity contribution in [1.29, 1.82) is 0 Å². The Labute approximate surface area is 169 Å². The third-order valence-electron chi connectivity index (χ3n) is 4.96. The molecule has 1 aliphatic heterocycles. The molecule has 0 spiro atoms. The van der Waals surface area contributed by atoms with Gasteiger partial charge in [0.2, 0.25) is 5.91 Å². The lowest BCUT2D eigenvalue weighted by atomic mass is 9.89. The van der Waals surface area contributed by atoms with E-state index in [1.807, 2.05) is 25.7 Å². The summed E-state index contributed by atoms with van der Waals surface area (Å²) in [6.07, 6.45) is -1.34. The zero-order valence-corrected chi connectivity index (χ0v) is 17.0. The number of halogens is 2. The molecule has 0 saturated carbocycles. The van der Waals surface area contributed by atoms with E-state index in [9.17, 15) is 19.1 Å². The van der Waals surface area contributed by atoms with Gasteiger partial charge in [-0.2, -0.15) is 0 Å². The predicted molar refractivity (Wildman–Crippen MR) is 104 cm³/mol. The van der Waals surface area contributed by atoms with Gasteiger partial charge in [-0.1, -0.05) is 25.4 Å². The standard InChI is InChI=1S/C19H27ClFN3O4/c1-11(2)8-14(17(25)18(26)22-28)19(27)24-7-6-23(10-12(24)3)16-5-4-13(20)9-15(16)21/h4-5,9,11-12,14,17,25,28H,6-8,10H2,1-3H3,(H,22,26)/t12-,14+,17+/m1/s1. The average Bonchev–Trinajstić information content (AvgIpc) is 2.64. The molecule has 1 aliphatic rings. The van der Waals surface area contributed by atoms with E-state index in [2.05, 4.69) is 0 Å². The zero-order chi connectivity index (χ0) is 21.0. The lowest BCUT2D eigenvalue weighted by Crippen LogP contribution is -2.57. The molecule has 0 aromatic heterocycles. The molecule has 2 amide bonds. The molecule has 1 aromatic carbocycles. The fraction of sp³-hybridized carbons (Fsp3) is 0.579. The van der Waals surface area contributed by atoms with E-state index in [0.717, 1.165) is 0 Å². The van der Waals surface area contributed by atoms with Crippen molar-refractivity contribution in [2.45, 2.75) is 39.3 Å². The summed E-state index contributed by atoms with van der Waals surface area (Å²) in [6, 6.07) is 4.22. The Morgan fingerprint density at radius 1 is 1.36 bits per heavy atom. The second-order valence-electron chi connectivity index (χ2n) is 7.58. The summed E-state index contributed by atoms with van der Waals surface area (Å²) in [5.74, 6) is -2.68. The Balaban J connectivity index is 2.14. The highest BCUT2D eigenvalue weighted by Crippen LogP contribution is 2.27. The minimum Gasteiger partial charge on any atom is -0.382 e. The van der Waals surface area contributed by atoms with Gasteiger partial charge in [-0.3, -0.25) is 14.8 Å². The maximum absolute atomic E-state index is 14.2. The number of piperazine rings is 1. The first-order valence-corrected chi connectivity index (χ1v) is 9.66. The summed E-state index contributed by atoms with van der Waals surface area (Å²) in [6.45, 7) is 6.74. The smallest absolute Gasteiger partial charge is 0.272 e. The van der Waals surface area contributed by atoms with Gasteiger partial charge >= 0.3 is 0 Å². The van der Waals surface area contributed by atoms with E-state index >= 15 is 0 Å². The van der Waals surface area contributed by atoms with Crippen LogP contribution in [-0.2, 0) is 9.59 Å². The van der Waals surface area contributed by atoms with E-state index in [0.29, 0.717) is 36.8 Å². The van der Waals surface area contributed by atoms with Crippen LogP contribution < -0.4 is 10.4 Å². The molecule has 7 nitrogen and oxygen atoms in total. The molecule has 28 heavy (non-hydrogen) atoms. The van der Waals surface area contributed by atoms with E-state index in [-0.39, 0.29) is 17.9 Å². The maximum Gasteiger partial charge on any atom is 0.272 e. The van der Waals surface area contributed by atoms with E-state index in [1.54, 1.807) is 17.0 Å². The van der Waals surface area contributed by atoms with Gasteiger partial charge in [-0.15, -0.1) is 0 Å². The molecule has 2 rings (SSSR count). The van der Waals surface area contributed by atoms with Gasteiger partial charge in [0.1, 0.15) is 11.9 Å². The number of rotatable bonds is 6. The van der Waals surface area contributed by atoms with Crippen LogP contribution in [0.25, 0.3) is 0 Å². The average molecular weight is 416 g/mol. The maximum atomic E-state index is 14.2. The van der Waals surface area contributed by atoms with Gasteiger partial charge in [0.05, 0.1) is 11.6 Å². The second kappa shape index (κ2) is 9.54. The highest BCUT2D eigenvalue weighted by Gasteiger charge is 2.38. The van der Waals surface area contributed by atoms with E-state index in [1.165, 1.54) is 11.5 Å². The van der Waals surface area contributed by atoms with Gasteiger partial charge in [-0.25, -0.2) is 9.87 Å². The normalized spacial score (nSPS) is 19.5. The van der Waals surface area contributed by atoms with Crippen molar-refractivity contribution in [1.82, 2.24) is 10.4 Å². The number of carbonyl (C=O) groups is 2. The van der Waals surface area contributed by atoms with Crippen LogP contribution in [0, 0.1) is 17.7 Å². The molecular weight excluding hydrogens is 389 g/mol. The van der Waals surface area contributed by atoms with Crippen LogP contribution in [0.15, 0.2) is 18.2 Å². The van der Waals surface area contributed by atoms with Crippen LogP contribution in [0.3, 0.4) is 0 Å². The Hall–Kier alpha value is -1.90. The van der Waals surface area contributed by atoms with Crippen molar-refractivity contribution in [2.75, 3.05) is 24.5 Å². The van der Waals surface area contributed by atoms with Crippen molar-refractivity contribution >= 4 is 29.1 Å². The quantitative estimate of drug-likeness (QED) is 0.488. The number of hydroxylamine groups is 1. The molecule has 1 saturated heterocycles. The number of anilines is 1. The van der Waals surface area contributed by atoms with Crippen molar-refractivity contribution < 1.29 is 24.3 Å². The topological polar surface area (TPSA) is 93.1 Å². The Kier molecular flexibility index (Phi) is 7.63. The Morgan fingerprint density at radius 2 is 2.04 bits per heavy atom. The van der Waals surface area contributed by atoms with Crippen LogP contribution in [0.2, 0.25) is 5.02 Å². The number of carbonyl (C=O) groups excluding carboxylic acids is 2. The van der Waals surface area contributed by atoms with E-state index in [4.69, 9.17) is 16.8 Å². The number of hydrogen-bond donors (Lipinski definition) is 3. The molecule has 1 fully saturated rings. The largest absolute Gasteiger partial charge is 0.382 e. The SMILES string of the molecule is CC(C)C[C@H](C(=O)N1CCN(c2ccc(Cl)cc2F)C[C@H]1C)[C@H](O)C(=O)NO. The number of amides is 2. The molecule has 3 N–H and O–H groups in total. The Bertz CT molecular complexity index is 718. The van der Waals surface area contributed by atoms with Gasteiger partial charge in [0, 0.05) is 30.7 Å². The van der Waals surface area contributed by atoms with Crippen LogP contribution >= 0.6 is 11.6 Å². The van der Waals surface area contributed by atoms with E-state index < -0.39 is 23.7 Å². The lowest BCUT2D eigenvalue weighted by molar-refractivity contribution is -0.152. The number of hydrogen-bond acceptors (Lipinski definition) is 5. The molecule has 0 bridgehead atoms. The second-order valence-corrected chi connectivity index (χ2v) is 8.02.